The summed E-state index contributed by atoms with van der Waals surface area (Å²) in [5.74, 6) is -2.50. The van der Waals surface area contributed by atoms with Gasteiger partial charge < -0.3 is 20.4 Å². The van der Waals surface area contributed by atoms with Crippen molar-refractivity contribution >= 4 is 23.5 Å². The summed E-state index contributed by atoms with van der Waals surface area (Å²) >= 11 is 0. The Morgan fingerprint density at radius 1 is 1.40 bits per heavy atom. The van der Waals surface area contributed by atoms with Crippen LogP contribution in [-0.4, -0.2) is 46.0 Å². The molecule has 1 aliphatic heterocycles. The van der Waals surface area contributed by atoms with Crippen molar-refractivity contribution in [3.63, 3.8) is 0 Å². The van der Waals surface area contributed by atoms with Crippen LogP contribution in [-0.2, 0) is 16.1 Å². The number of amides is 1. The molecule has 0 fully saturated rings. The number of carboxylic acids is 2. The molecule has 20 heavy (non-hydrogen) atoms. The molecule has 2 rings (SSSR count). The zero-order valence-corrected chi connectivity index (χ0v) is 10.8. The molecule has 3 N–H and O–H groups in total. The van der Waals surface area contributed by atoms with Crippen molar-refractivity contribution in [2.75, 3.05) is 12.4 Å². The quantitative estimate of drug-likeness (QED) is 0.748. The van der Waals surface area contributed by atoms with Gasteiger partial charge >= 0.3 is 11.9 Å². The predicted molar refractivity (Wildman–Crippen MR) is 69.5 cm³/mol. The van der Waals surface area contributed by atoms with Gasteiger partial charge in [0.15, 0.2) is 0 Å². The van der Waals surface area contributed by atoms with E-state index in [0.29, 0.717) is 12.2 Å². The van der Waals surface area contributed by atoms with Crippen LogP contribution in [0.2, 0.25) is 0 Å². The van der Waals surface area contributed by atoms with Gasteiger partial charge in [0.1, 0.15) is 6.04 Å². The SMILES string of the molecule is CN1Cc2ccc(C(=O)O)cc2N[C@H](CC(=O)O)C1=O. The Morgan fingerprint density at radius 3 is 2.70 bits per heavy atom. The van der Waals surface area contributed by atoms with Gasteiger partial charge in [-0.3, -0.25) is 9.59 Å². The fourth-order valence-corrected chi connectivity index (χ4v) is 2.14. The Hall–Kier alpha value is -2.57. The van der Waals surface area contributed by atoms with Gasteiger partial charge in [-0.05, 0) is 17.7 Å². The minimum Gasteiger partial charge on any atom is -0.481 e. The van der Waals surface area contributed by atoms with E-state index in [0.717, 1.165) is 5.56 Å². The lowest BCUT2D eigenvalue weighted by Gasteiger charge is -2.19. The number of rotatable bonds is 3. The zero-order valence-electron chi connectivity index (χ0n) is 10.8. The summed E-state index contributed by atoms with van der Waals surface area (Å²) in [7, 11) is 1.58. The molecule has 1 heterocycles. The van der Waals surface area contributed by atoms with Gasteiger partial charge in [0.05, 0.1) is 12.0 Å². The number of carbonyl (C=O) groups excluding carboxylic acids is 1. The highest BCUT2D eigenvalue weighted by molar-refractivity contribution is 5.92. The number of hydrogen-bond donors (Lipinski definition) is 3. The van der Waals surface area contributed by atoms with Crippen LogP contribution in [0.15, 0.2) is 18.2 Å². The minimum atomic E-state index is -1.10. The lowest BCUT2D eigenvalue weighted by molar-refractivity contribution is -0.141. The molecule has 7 nitrogen and oxygen atoms in total. The third kappa shape index (κ3) is 2.71. The van der Waals surface area contributed by atoms with Gasteiger partial charge in [-0.15, -0.1) is 0 Å². The normalized spacial score (nSPS) is 17.9. The number of fused-ring (bicyclic) bond motifs is 1. The fourth-order valence-electron chi connectivity index (χ4n) is 2.14. The summed E-state index contributed by atoms with van der Waals surface area (Å²) in [4.78, 5) is 35.3. The molecule has 1 amide bonds. The van der Waals surface area contributed by atoms with Crippen LogP contribution >= 0.6 is 0 Å². The first-order chi connectivity index (χ1) is 9.38. The van der Waals surface area contributed by atoms with Crippen molar-refractivity contribution < 1.29 is 24.6 Å². The van der Waals surface area contributed by atoms with Gasteiger partial charge in [-0.1, -0.05) is 6.07 Å². The van der Waals surface area contributed by atoms with Gasteiger partial charge in [-0.2, -0.15) is 0 Å². The van der Waals surface area contributed by atoms with Gasteiger partial charge in [0.2, 0.25) is 5.91 Å². The molecular formula is C13H14N2O5. The highest BCUT2D eigenvalue weighted by Crippen LogP contribution is 2.24. The van der Waals surface area contributed by atoms with Gasteiger partial charge in [0, 0.05) is 19.3 Å². The molecule has 1 aromatic carbocycles. The molecule has 0 aromatic heterocycles. The number of aliphatic carboxylic acids is 1. The molecule has 0 bridgehead atoms. The first-order valence-electron chi connectivity index (χ1n) is 5.98. The van der Waals surface area contributed by atoms with Crippen molar-refractivity contribution in [3.8, 4) is 0 Å². The Bertz CT molecular complexity index is 584. The van der Waals surface area contributed by atoms with Crippen LogP contribution in [0.3, 0.4) is 0 Å². The van der Waals surface area contributed by atoms with Crippen LogP contribution < -0.4 is 5.32 Å². The number of carboxylic acid groups (broad SMARTS) is 2. The predicted octanol–water partition coefficient (Wildman–Crippen LogP) is 0.612. The van der Waals surface area contributed by atoms with Crippen molar-refractivity contribution in [2.45, 2.75) is 19.0 Å². The molecule has 0 spiro atoms. The maximum atomic E-state index is 12.1. The van der Waals surface area contributed by atoms with Gasteiger partial charge in [-0.25, -0.2) is 4.79 Å². The van der Waals surface area contributed by atoms with Crippen LogP contribution in [0.4, 0.5) is 5.69 Å². The van der Waals surface area contributed by atoms with Crippen LogP contribution in [0, 0.1) is 0 Å². The average molecular weight is 278 g/mol. The molecular weight excluding hydrogens is 264 g/mol. The summed E-state index contributed by atoms with van der Waals surface area (Å²) < 4.78 is 0. The Morgan fingerprint density at radius 2 is 2.10 bits per heavy atom. The zero-order chi connectivity index (χ0) is 14.9. The fraction of sp³-hybridized carbons (Fsp3) is 0.308. The van der Waals surface area contributed by atoms with E-state index >= 15 is 0 Å². The molecule has 1 aromatic rings. The number of carbonyl (C=O) groups is 3. The first kappa shape index (κ1) is 13.9. The van der Waals surface area contributed by atoms with Crippen molar-refractivity contribution in [3.05, 3.63) is 29.3 Å². The molecule has 1 atom stereocenters. The van der Waals surface area contributed by atoms with E-state index in [2.05, 4.69) is 5.32 Å². The summed E-state index contributed by atoms with van der Waals surface area (Å²) in [5.41, 5.74) is 1.31. The monoisotopic (exact) mass is 278 g/mol. The number of aromatic carboxylic acids is 1. The number of nitrogens with one attached hydrogen (secondary N) is 1. The Kier molecular flexibility index (Phi) is 3.60. The van der Waals surface area contributed by atoms with Crippen molar-refractivity contribution in [2.24, 2.45) is 0 Å². The van der Waals surface area contributed by atoms with Crippen molar-refractivity contribution in [1.82, 2.24) is 4.90 Å². The highest BCUT2D eigenvalue weighted by Gasteiger charge is 2.29. The number of nitrogens with zero attached hydrogens (tertiary/aromatic N) is 1. The molecule has 0 saturated carbocycles. The van der Waals surface area contributed by atoms with Crippen LogP contribution in [0.5, 0.6) is 0 Å². The average Bonchev–Trinajstić information content (AvgIpc) is 2.47. The minimum absolute atomic E-state index is 0.0855. The van der Waals surface area contributed by atoms with E-state index in [1.165, 1.54) is 17.0 Å². The van der Waals surface area contributed by atoms with Gasteiger partial charge in [0.25, 0.3) is 0 Å². The second-order valence-corrected chi connectivity index (χ2v) is 4.67. The molecule has 1 aliphatic rings. The second-order valence-electron chi connectivity index (χ2n) is 4.67. The van der Waals surface area contributed by atoms with E-state index in [1.807, 2.05) is 0 Å². The van der Waals surface area contributed by atoms with E-state index in [4.69, 9.17) is 10.2 Å². The first-order valence-corrected chi connectivity index (χ1v) is 5.98. The largest absolute Gasteiger partial charge is 0.481 e. The summed E-state index contributed by atoms with van der Waals surface area (Å²) in [6, 6.07) is 3.60. The molecule has 106 valence electrons. The standard InChI is InChI=1S/C13H14N2O5/c1-15-6-8-3-2-7(13(19)20)4-9(8)14-10(12(15)18)5-11(16)17/h2-4,10,14H,5-6H2,1H3,(H,16,17)(H,19,20)/t10-/m1/s1. The number of likely N-dealkylation sites (N-methyl/N-ethyl adjacent to an activating group) is 1. The highest BCUT2D eigenvalue weighted by atomic mass is 16.4. The smallest absolute Gasteiger partial charge is 0.335 e. The Balaban J connectivity index is 2.39. The molecule has 0 radical (unpaired) electrons. The van der Waals surface area contributed by atoms with E-state index in [1.54, 1.807) is 13.1 Å². The van der Waals surface area contributed by atoms with Crippen LogP contribution in [0.25, 0.3) is 0 Å². The Labute approximate surface area is 114 Å². The molecule has 7 heteroatoms. The third-order valence-electron chi connectivity index (χ3n) is 3.15. The van der Waals surface area contributed by atoms with E-state index < -0.39 is 18.0 Å². The van der Waals surface area contributed by atoms with E-state index in [-0.39, 0.29) is 17.9 Å². The lowest BCUT2D eigenvalue weighted by atomic mass is 10.1. The second kappa shape index (κ2) is 5.20. The number of benzene rings is 1. The molecule has 0 aliphatic carbocycles. The maximum absolute atomic E-state index is 12.1. The van der Waals surface area contributed by atoms with E-state index in [9.17, 15) is 14.4 Å². The summed E-state index contributed by atoms with van der Waals surface area (Å²) in [5, 5.41) is 20.7. The lowest BCUT2D eigenvalue weighted by Crippen LogP contribution is -2.39. The van der Waals surface area contributed by atoms with Crippen molar-refractivity contribution in [1.29, 1.82) is 0 Å². The number of anilines is 1. The summed E-state index contributed by atoms with van der Waals surface area (Å²) in [6.07, 6.45) is -0.361. The maximum Gasteiger partial charge on any atom is 0.335 e. The summed E-state index contributed by atoms with van der Waals surface area (Å²) in [6.45, 7) is 0.303. The number of hydrogen-bond acceptors (Lipinski definition) is 4. The topological polar surface area (TPSA) is 107 Å². The molecule has 0 unspecified atom stereocenters. The molecule has 0 saturated heterocycles. The van der Waals surface area contributed by atoms with Crippen LogP contribution in [0.1, 0.15) is 22.3 Å². The third-order valence-corrected chi connectivity index (χ3v) is 3.15.